The second kappa shape index (κ2) is 7.05. The zero-order valence-electron chi connectivity index (χ0n) is 12.2. The molecule has 0 aliphatic carbocycles. The predicted octanol–water partition coefficient (Wildman–Crippen LogP) is 5.04. The highest BCUT2D eigenvalue weighted by Gasteiger charge is 2.11. The molecule has 0 aliphatic heterocycles. The van der Waals surface area contributed by atoms with Crippen LogP contribution in [0, 0.1) is 6.92 Å². The van der Waals surface area contributed by atoms with Gasteiger partial charge in [-0.2, -0.15) is 0 Å². The maximum atomic E-state index is 6.21. The summed E-state index contributed by atoms with van der Waals surface area (Å²) in [5.41, 5.74) is 3.25. The van der Waals surface area contributed by atoms with Crippen molar-refractivity contribution in [1.29, 1.82) is 0 Å². The Hall–Kier alpha value is -1.39. The number of aryl methyl sites for hydroxylation is 1. The normalized spacial score (nSPS) is 10.3. The Labute approximate surface area is 138 Å². The van der Waals surface area contributed by atoms with E-state index in [0.29, 0.717) is 23.1 Å². The lowest BCUT2D eigenvalue weighted by molar-refractivity contribution is 0.355. The topological polar surface area (TPSA) is 30.5 Å². The summed E-state index contributed by atoms with van der Waals surface area (Å²) in [5, 5.41) is 3.92. The lowest BCUT2D eigenvalue weighted by Gasteiger charge is -2.14. The van der Waals surface area contributed by atoms with E-state index < -0.39 is 0 Å². The SMILES string of the molecule is COc1cc(CNc2cccc(C)c2Br)cc(Cl)c1OC. The molecule has 0 saturated heterocycles. The quantitative estimate of drug-likeness (QED) is 0.800. The van der Waals surface area contributed by atoms with E-state index in [1.54, 1.807) is 14.2 Å². The van der Waals surface area contributed by atoms with Crippen LogP contribution in [0.15, 0.2) is 34.8 Å². The summed E-state index contributed by atoms with van der Waals surface area (Å²) in [6.07, 6.45) is 0. The minimum absolute atomic E-state index is 0.539. The molecule has 2 aromatic rings. The van der Waals surface area contributed by atoms with Crippen LogP contribution in [-0.4, -0.2) is 14.2 Å². The van der Waals surface area contributed by atoms with E-state index >= 15 is 0 Å². The van der Waals surface area contributed by atoms with Crippen LogP contribution in [0.2, 0.25) is 5.02 Å². The molecule has 0 saturated carbocycles. The third-order valence-electron chi connectivity index (χ3n) is 3.17. The van der Waals surface area contributed by atoms with E-state index in [1.165, 1.54) is 5.56 Å². The number of halogens is 2. The smallest absolute Gasteiger partial charge is 0.179 e. The first-order valence-corrected chi connectivity index (χ1v) is 7.63. The molecule has 0 heterocycles. The van der Waals surface area contributed by atoms with E-state index in [-0.39, 0.29) is 0 Å². The summed E-state index contributed by atoms with van der Waals surface area (Å²) in [6.45, 7) is 2.70. The van der Waals surface area contributed by atoms with Crippen molar-refractivity contribution in [2.45, 2.75) is 13.5 Å². The largest absolute Gasteiger partial charge is 0.493 e. The molecule has 0 aromatic heterocycles. The maximum absolute atomic E-state index is 6.21. The average molecular weight is 371 g/mol. The summed E-state index contributed by atoms with van der Waals surface area (Å²) in [6, 6.07) is 9.90. The molecule has 0 bridgehead atoms. The first-order chi connectivity index (χ1) is 10.1. The average Bonchev–Trinajstić information content (AvgIpc) is 2.48. The van der Waals surface area contributed by atoms with E-state index in [2.05, 4.69) is 34.2 Å². The fourth-order valence-corrected chi connectivity index (χ4v) is 2.77. The Balaban J connectivity index is 2.20. The van der Waals surface area contributed by atoms with Crippen molar-refractivity contribution in [2.24, 2.45) is 0 Å². The predicted molar refractivity (Wildman–Crippen MR) is 90.8 cm³/mol. The summed E-state index contributed by atoms with van der Waals surface area (Å²) in [5.74, 6) is 1.18. The van der Waals surface area contributed by atoms with Gasteiger partial charge in [0.05, 0.1) is 19.2 Å². The van der Waals surface area contributed by atoms with Gasteiger partial charge in [0.15, 0.2) is 11.5 Å². The van der Waals surface area contributed by atoms with Gasteiger partial charge in [0.2, 0.25) is 0 Å². The van der Waals surface area contributed by atoms with Crippen molar-refractivity contribution in [3.63, 3.8) is 0 Å². The third-order valence-corrected chi connectivity index (χ3v) is 4.50. The molecule has 0 fully saturated rings. The number of ether oxygens (including phenoxy) is 2. The number of anilines is 1. The Bertz CT molecular complexity index is 646. The van der Waals surface area contributed by atoms with Gasteiger partial charge in [0.25, 0.3) is 0 Å². The van der Waals surface area contributed by atoms with Crippen molar-refractivity contribution in [3.8, 4) is 11.5 Å². The fourth-order valence-electron chi connectivity index (χ4n) is 2.05. The summed E-state index contributed by atoms with van der Waals surface area (Å²) in [7, 11) is 3.17. The Kier molecular flexibility index (Phi) is 5.37. The van der Waals surface area contributed by atoms with E-state index in [1.807, 2.05) is 24.3 Å². The van der Waals surface area contributed by atoms with Gasteiger partial charge in [-0.1, -0.05) is 23.7 Å². The molecule has 1 N–H and O–H groups in total. The van der Waals surface area contributed by atoms with Crippen molar-refractivity contribution < 1.29 is 9.47 Å². The first kappa shape index (κ1) is 16.0. The van der Waals surface area contributed by atoms with Crippen molar-refractivity contribution in [2.75, 3.05) is 19.5 Å². The molecule has 2 aromatic carbocycles. The second-order valence-corrected chi connectivity index (χ2v) is 5.80. The van der Waals surface area contributed by atoms with Crippen molar-refractivity contribution >= 4 is 33.2 Å². The standard InChI is InChI=1S/C16H17BrClNO2/c1-10-5-4-6-13(15(10)17)19-9-11-7-12(18)16(21-3)14(8-11)20-2/h4-8,19H,9H2,1-3H3. The molecule has 0 atom stereocenters. The fraction of sp³-hybridized carbons (Fsp3) is 0.250. The van der Waals surface area contributed by atoms with Gasteiger partial charge >= 0.3 is 0 Å². The molecule has 0 spiro atoms. The third kappa shape index (κ3) is 3.63. The van der Waals surface area contributed by atoms with Gasteiger partial charge in [-0.3, -0.25) is 0 Å². The molecule has 21 heavy (non-hydrogen) atoms. The van der Waals surface area contributed by atoms with Crippen LogP contribution in [0.1, 0.15) is 11.1 Å². The molecule has 2 rings (SSSR count). The second-order valence-electron chi connectivity index (χ2n) is 4.60. The van der Waals surface area contributed by atoms with Crippen LogP contribution < -0.4 is 14.8 Å². The van der Waals surface area contributed by atoms with Crippen LogP contribution in [-0.2, 0) is 6.54 Å². The van der Waals surface area contributed by atoms with Crippen LogP contribution in [0.3, 0.4) is 0 Å². The van der Waals surface area contributed by atoms with E-state index in [4.69, 9.17) is 21.1 Å². The molecular weight excluding hydrogens is 354 g/mol. The van der Waals surface area contributed by atoms with Crippen molar-refractivity contribution in [3.05, 3.63) is 51.0 Å². The van der Waals surface area contributed by atoms with Gasteiger partial charge in [-0.15, -0.1) is 0 Å². The maximum Gasteiger partial charge on any atom is 0.179 e. The highest BCUT2D eigenvalue weighted by atomic mass is 79.9. The van der Waals surface area contributed by atoms with E-state index in [0.717, 1.165) is 15.7 Å². The minimum Gasteiger partial charge on any atom is -0.493 e. The summed E-state index contributed by atoms with van der Waals surface area (Å²) < 4.78 is 11.6. The number of benzene rings is 2. The van der Waals surface area contributed by atoms with Crippen LogP contribution in [0.4, 0.5) is 5.69 Å². The molecule has 5 heteroatoms. The summed E-state index contributed by atoms with van der Waals surface area (Å²) >= 11 is 9.80. The Morgan fingerprint density at radius 3 is 2.62 bits per heavy atom. The molecule has 0 unspecified atom stereocenters. The molecule has 0 amide bonds. The zero-order chi connectivity index (χ0) is 15.4. The van der Waals surface area contributed by atoms with Crippen LogP contribution in [0.25, 0.3) is 0 Å². The van der Waals surface area contributed by atoms with Gasteiger partial charge in [0, 0.05) is 16.7 Å². The highest BCUT2D eigenvalue weighted by Crippen LogP contribution is 2.36. The first-order valence-electron chi connectivity index (χ1n) is 6.46. The van der Waals surface area contributed by atoms with E-state index in [9.17, 15) is 0 Å². The summed E-state index contributed by atoms with van der Waals surface area (Å²) in [4.78, 5) is 0. The lowest BCUT2D eigenvalue weighted by atomic mass is 10.1. The Morgan fingerprint density at radius 2 is 1.95 bits per heavy atom. The van der Waals surface area contributed by atoms with Crippen molar-refractivity contribution in [1.82, 2.24) is 0 Å². The molecule has 3 nitrogen and oxygen atoms in total. The minimum atomic E-state index is 0.539. The van der Waals surface area contributed by atoms with Gasteiger partial charge in [-0.05, 0) is 52.2 Å². The number of hydrogen-bond donors (Lipinski definition) is 1. The molecular formula is C16H17BrClNO2. The molecule has 0 radical (unpaired) electrons. The lowest BCUT2D eigenvalue weighted by Crippen LogP contribution is -2.02. The van der Waals surface area contributed by atoms with Crippen LogP contribution in [0.5, 0.6) is 11.5 Å². The number of methoxy groups -OCH3 is 2. The highest BCUT2D eigenvalue weighted by molar-refractivity contribution is 9.10. The molecule has 112 valence electrons. The van der Waals surface area contributed by atoms with Gasteiger partial charge in [-0.25, -0.2) is 0 Å². The number of rotatable bonds is 5. The Morgan fingerprint density at radius 1 is 1.19 bits per heavy atom. The number of nitrogens with one attached hydrogen (secondary N) is 1. The number of hydrogen-bond acceptors (Lipinski definition) is 3. The monoisotopic (exact) mass is 369 g/mol. The van der Waals surface area contributed by atoms with Crippen LogP contribution >= 0.6 is 27.5 Å². The zero-order valence-corrected chi connectivity index (χ0v) is 14.5. The molecule has 0 aliphatic rings. The van der Waals surface area contributed by atoms with Gasteiger partial charge in [0.1, 0.15) is 0 Å². The van der Waals surface area contributed by atoms with Gasteiger partial charge < -0.3 is 14.8 Å².